The minimum absolute atomic E-state index is 0.0622. The Balaban J connectivity index is 1.45. The summed E-state index contributed by atoms with van der Waals surface area (Å²) in [6, 6.07) is 18.7. The first-order chi connectivity index (χ1) is 14.5. The van der Waals surface area contributed by atoms with Gasteiger partial charge >= 0.3 is 6.09 Å². The molecule has 0 unspecified atom stereocenters. The van der Waals surface area contributed by atoms with Crippen LogP contribution in [0.4, 0.5) is 4.79 Å². The van der Waals surface area contributed by atoms with Crippen LogP contribution in [-0.2, 0) is 4.74 Å². The number of nitrogens with zero attached hydrogens (tertiary/aromatic N) is 3. The molecule has 2 atom stereocenters. The first-order valence-corrected chi connectivity index (χ1v) is 10.4. The van der Waals surface area contributed by atoms with Gasteiger partial charge in [0.1, 0.15) is 5.60 Å². The second kappa shape index (κ2) is 8.19. The molecule has 2 saturated heterocycles. The van der Waals surface area contributed by atoms with Crippen molar-refractivity contribution in [1.82, 2.24) is 9.80 Å². The molecule has 1 spiro atoms. The van der Waals surface area contributed by atoms with Gasteiger partial charge in [-0.15, -0.1) is 0 Å². The molecule has 2 aliphatic heterocycles. The maximum absolute atomic E-state index is 12.9. The Labute approximate surface area is 176 Å². The third kappa shape index (κ3) is 3.88. The Kier molecular flexibility index (Phi) is 5.45. The third-order valence-corrected chi connectivity index (χ3v) is 6.17. The Bertz CT molecular complexity index is 985. The fourth-order valence-electron chi connectivity index (χ4n) is 4.39. The standard InChI is InChI=1S/C24H25N3O3/c1-18(20-8-3-2-4-9-20)27-17-24(30-23(27)29)11-6-13-26(14-12-24)22(28)21-10-5-7-19(15-21)16-25/h2-5,7-10,15,18H,6,11-14,17H2,1H3/t18-,24-/m0/s1. The van der Waals surface area contributed by atoms with E-state index in [1.165, 1.54) is 0 Å². The average Bonchev–Trinajstić information content (AvgIpc) is 2.97. The molecule has 0 saturated carbocycles. The number of carbonyl (C=O) groups is 2. The molecule has 30 heavy (non-hydrogen) atoms. The Morgan fingerprint density at radius 1 is 1.13 bits per heavy atom. The second-order valence-electron chi connectivity index (χ2n) is 8.10. The molecule has 2 aliphatic rings. The molecule has 2 fully saturated rings. The highest BCUT2D eigenvalue weighted by Gasteiger charge is 2.47. The number of ether oxygens (including phenoxy) is 1. The molecule has 6 heteroatoms. The number of carbonyl (C=O) groups excluding carboxylic acids is 2. The zero-order chi connectivity index (χ0) is 21.1. The lowest BCUT2D eigenvalue weighted by Crippen LogP contribution is -2.37. The molecule has 0 N–H and O–H groups in total. The van der Waals surface area contributed by atoms with Gasteiger partial charge in [-0.3, -0.25) is 9.69 Å². The fraction of sp³-hybridized carbons (Fsp3) is 0.375. The first kappa shape index (κ1) is 20.0. The van der Waals surface area contributed by atoms with Crippen LogP contribution in [0.25, 0.3) is 0 Å². The zero-order valence-corrected chi connectivity index (χ0v) is 17.1. The van der Waals surface area contributed by atoms with Crippen molar-refractivity contribution in [3.05, 3.63) is 71.3 Å². The molecule has 2 heterocycles. The Morgan fingerprint density at radius 3 is 2.70 bits per heavy atom. The van der Waals surface area contributed by atoms with E-state index >= 15 is 0 Å². The van der Waals surface area contributed by atoms with Crippen LogP contribution in [0.5, 0.6) is 0 Å². The topological polar surface area (TPSA) is 73.6 Å². The molecule has 154 valence electrons. The lowest BCUT2D eigenvalue weighted by Gasteiger charge is -2.27. The van der Waals surface area contributed by atoms with Crippen molar-refractivity contribution in [2.75, 3.05) is 19.6 Å². The highest BCUT2D eigenvalue weighted by atomic mass is 16.6. The van der Waals surface area contributed by atoms with E-state index in [0.717, 1.165) is 18.4 Å². The quantitative estimate of drug-likeness (QED) is 0.772. The number of amides is 2. The van der Waals surface area contributed by atoms with Gasteiger partial charge in [0, 0.05) is 25.1 Å². The lowest BCUT2D eigenvalue weighted by atomic mass is 9.94. The van der Waals surface area contributed by atoms with Crippen LogP contribution in [0.15, 0.2) is 54.6 Å². The van der Waals surface area contributed by atoms with Gasteiger partial charge in [0.25, 0.3) is 5.91 Å². The van der Waals surface area contributed by atoms with Crippen LogP contribution < -0.4 is 0 Å². The summed E-state index contributed by atoms with van der Waals surface area (Å²) >= 11 is 0. The molecule has 0 bridgehead atoms. The van der Waals surface area contributed by atoms with Gasteiger partial charge in [-0.1, -0.05) is 36.4 Å². The van der Waals surface area contributed by atoms with Crippen molar-refractivity contribution in [3.8, 4) is 6.07 Å². The molecule has 0 aliphatic carbocycles. The van der Waals surface area contributed by atoms with Crippen molar-refractivity contribution in [2.45, 2.75) is 37.8 Å². The first-order valence-electron chi connectivity index (χ1n) is 10.4. The van der Waals surface area contributed by atoms with Crippen LogP contribution >= 0.6 is 0 Å². The minimum atomic E-state index is -0.552. The monoisotopic (exact) mass is 403 g/mol. The molecule has 2 aromatic rings. The summed E-state index contributed by atoms with van der Waals surface area (Å²) < 4.78 is 5.90. The zero-order valence-electron chi connectivity index (χ0n) is 17.1. The average molecular weight is 403 g/mol. The minimum Gasteiger partial charge on any atom is -0.441 e. The van der Waals surface area contributed by atoms with E-state index in [1.807, 2.05) is 42.2 Å². The van der Waals surface area contributed by atoms with Crippen LogP contribution in [0.1, 0.15) is 53.7 Å². The molecule has 4 rings (SSSR count). The van der Waals surface area contributed by atoms with E-state index in [0.29, 0.717) is 37.2 Å². The van der Waals surface area contributed by atoms with E-state index in [2.05, 4.69) is 6.07 Å². The molecule has 2 amide bonds. The lowest BCUT2D eigenvalue weighted by molar-refractivity contribution is 0.0438. The summed E-state index contributed by atoms with van der Waals surface area (Å²) in [4.78, 5) is 29.2. The molecule has 0 aromatic heterocycles. The van der Waals surface area contributed by atoms with Crippen LogP contribution in [0, 0.1) is 11.3 Å². The smallest absolute Gasteiger partial charge is 0.411 e. The van der Waals surface area contributed by atoms with Crippen molar-refractivity contribution in [3.63, 3.8) is 0 Å². The summed E-state index contributed by atoms with van der Waals surface area (Å²) in [5.41, 5.74) is 1.52. The van der Waals surface area contributed by atoms with Crippen LogP contribution in [-0.4, -0.2) is 47.0 Å². The van der Waals surface area contributed by atoms with Gasteiger partial charge in [0.15, 0.2) is 0 Å². The normalized spacial score (nSPS) is 22.3. The van der Waals surface area contributed by atoms with Gasteiger partial charge in [0.05, 0.1) is 24.2 Å². The molecular weight excluding hydrogens is 378 g/mol. The predicted octanol–water partition coefficient (Wildman–Crippen LogP) is 4.14. The van der Waals surface area contributed by atoms with E-state index in [-0.39, 0.29) is 18.0 Å². The Hall–Kier alpha value is -3.33. The van der Waals surface area contributed by atoms with Crippen LogP contribution in [0.3, 0.4) is 0 Å². The molecule has 0 radical (unpaired) electrons. The van der Waals surface area contributed by atoms with Gasteiger partial charge < -0.3 is 9.64 Å². The maximum Gasteiger partial charge on any atom is 0.411 e. The van der Waals surface area contributed by atoms with Gasteiger partial charge in [0.2, 0.25) is 0 Å². The summed E-state index contributed by atoms with van der Waals surface area (Å²) in [5.74, 6) is -0.0806. The van der Waals surface area contributed by atoms with Crippen molar-refractivity contribution >= 4 is 12.0 Å². The summed E-state index contributed by atoms with van der Waals surface area (Å²) in [6.07, 6.45) is 1.83. The molecule has 6 nitrogen and oxygen atoms in total. The van der Waals surface area contributed by atoms with Crippen LogP contribution in [0.2, 0.25) is 0 Å². The highest BCUT2D eigenvalue weighted by molar-refractivity contribution is 5.94. The van der Waals surface area contributed by atoms with Crippen molar-refractivity contribution < 1.29 is 14.3 Å². The van der Waals surface area contributed by atoms with Gasteiger partial charge in [-0.05, 0) is 43.5 Å². The van der Waals surface area contributed by atoms with E-state index in [4.69, 9.17) is 10.00 Å². The number of rotatable bonds is 3. The summed E-state index contributed by atoms with van der Waals surface area (Å²) in [7, 11) is 0. The van der Waals surface area contributed by atoms with Gasteiger partial charge in [-0.2, -0.15) is 5.26 Å². The highest BCUT2D eigenvalue weighted by Crippen LogP contribution is 2.37. The fourth-order valence-corrected chi connectivity index (χ4v) is 4.39. The molecule has 2 aromatic carbocycles. The number of benzene rings is 2. The van der Waals surface area contributed by atoms with Crippen molar-refractivity contribution in [2.24, 2.45) is 0 Å². The van der Waals surface area contributed by atoms with E-state index in [1.54, 1.807) is 29.2 Å². The largest absolute Gasteiger partial charge is 0.441 e. The second-order valence-corrected chi connectivity index (χ2v) is 8.10. The SMILES string of the molecule is C[C@@H](c1ccccc1)N1C[C@@]2(CCCN(C(=O)c3cccc(C#N)c3)CC2)OC1=O. The summed E-state index contributed by atoms with van der Waals surface area (Å²) in [6.45, 7) is 3.69. The molecular formula is C24H25N3O3. The van der Waals surface area contributed by atoms with E-state index < -0.39 is 5.60 Å². The number of likely N-dealkylation sites (tertiary alicyclic amines) is 1. The van der Waals surface area contributed by atoms with E-state index in [9.17, 15) is 9.59 Å². The maximum atomic E-state index is 12.9. The summed E-state index contributed by atoms with van der Waals surface area (Å²) in [5, 5.41) is 9.09. The third-order valence-electron chi connectivity index (χ3n) is 6.17. The number of hydrogen-bond acceptors (Lipinski definition) is 4. The Morgan fingerprint density at radius 2 is 1.93 bits per heavy atom. The number of nitriles is 1. The predicted molar refractivity (Wildman–Crippen MR) is 112 cm³/mol. The van der Waals surface area contributed by atoms with Gasteiger partial charge in [-0.25, -0.2) is 4.79 Å². The number of hydrogen-bond donors (Lipinski definition) is 0. The van der Waals surface area contributed by atoms with Crippen molar-refractivity contribution in [1.29, 1.82) is 5.26 Å².